The highest BCUT2D eigenvalue weighted by Crippen LogP contribution is 2.15. The molecule has 0 saturated heterocycles. The number of aromatic nitrogens is 6. The Bertz CT molecular complexity index is 868. The van der Waals surface area contributed by atoms with Crippen LogP contribution in [-0.4, -0.2) is 41.7 Å². The number of fused-ring (bicyclic) bond motifs is 1. The minimum Gasteiger partial charge on any atom is -0.346 e. The van der Waals surface area contributed by atoms with Crippen molar-refractivity contribution in [2.24, 2.45) is 0 Å². The highest BCUT2D eigenvalue weighted by atomic mass is 16.2. The molecular formula is C16H17N7O. The summed E-state index contributed by atoms with van der Waals surface area (Å²) < 4.78 is 3.65. The van der Waals surface area contributed by atoms with Crippen LogP contribution in [0.15, 0.2) is 36.5 Å². The van der Waals surface area contributed by atoms with Gasteiger partial charge in [-0.3, -0.25) is 4.79 Å². The first kappa shape index (κ1) is 14.6. The number of nitrogens with one attached hydrogen (secondary N) is 1. The fraction of sp³-hybridized carbons (Fsp3) is 0.312. The van der Waals surface area contributed by atoms with Gasteiger partial charge in [0.15, 0.2) is 5.69 Å². The predicted octanol–water partition coefficient (Wildman–Crippen LogP) is 0.912. The SMILES string of the molecule is Cc1nnc2n1CC(NC(=O)c1cn(-c3ccccc3)nn1)CC2. The molecule has 0 spiro atoms. The molecule has 1 N–H and O–H groups in total. The Hall–Kier alpha value is -3.03. The summed E-state index contributed by atoms with van der Waals surface area (Å²) in [5.41, 5.74) is 1.18. The van der Waals surface area contributed by atoms with Crippen molar-refractivity contribution in [1.29, 1.82) is 0 Å². The molecule has 8 nitrogen and oxygen atoms in total. The van der Waals surface area contributed by atoms with E-state index < -0.39 is 0 Å². The molecule has 3 heterocycles. The minimum atomic E-state index is -0.212. The Kier molecular flexibility index (Phi) is 3.56. The van der Waals surface area contributed by atoms with Gasteiger partial charge >= 0.3 is 0 Å². The smallest absolute Gasteiger partial charge is 0.273 e. The zero-order chi connectivity index (χ0) is 16.5. The van der Waals surface area contributed by atoms with E-state index in [1.165, 1.54) is 0 Å². The van der Waals surface area contributed by atoms with Crippen LogP contribution in [0.4, 0.5) is 0 Å². The maximum atomic E-state index is 12.4. The van der Waals surface area contributed by atoms with Gasteiger partial charge in [-0.2, -0.15) is 0 Å². The number of para-hydroxylation sites is 1. The van der Waals surface area contributed by atoms with Gasteiger partial charge in [0, 0.05) is 19.0 Å². The summed E-state index contributed by atoms with van der Waals surface area (Å²) in [7, 11) is 0. The van der Waals surface area contributed by atoms with E-state index in [9.17, 15) is 4.79 Å². The van der Waals surface area contributed by atoms with Gasteiger partial charge in [0.25, 0.3) is 5.91 Å². The number of carbonyl (C=O) groups is 1. The molecule has 4 rings (SSSR count). The fourth-order valence-corrected chi connectivity index (χ4v) is 2.91. The molecule has 8 heteroatoms. The molecule has 1 aliphatic heterocycles. The summed E-state index contributed by atoms with van der Waals surface area (Å²) in [6.07, 6.45) is 3.29. The maximum absolute atomic E-state index is 12.4. The molecule has 0 saturated carbocycles. The lowest BCUT2D eigenvalue weighted by atomic mass is 10.1. The van der Waals surface area contributed by atoms with Crippen LogP contribution in [-0.2, 0) is 13.0 Å². The van der Waals surface area contributed by atoms with Gasteiger partial charge in [-0.05, 0) is 25.5 Å². The lowest BCUT2D eigenvalue weighted by Gasteiger charge is -2.24. The minimum absolute atomic E-state index is 0.0431. The van der Waals surface area contributed by atoms with Gasteiger partial charge in [0.1, 0.15) is 11.6 Å². The number of nitrogens with zero attached hydrogens (tertiary/aromatic N) is 6. The topological polar surface area (TPSA) is 90.5 Å². The molecule has 24 heavy (non-hydrogen) atoms. The number of hydrogen-bond acceptors (Lipinski definition) is 5. The van der Waals surface area contributed by atoms with Crippen molar-refractivity contribution in [3.63, 3.8) is 0 Å². The van der Waals surface area contributed by atoms with Gasteiger partial charge in [-0.15, -0.1) is 15.3 Å². The standard InChI is InChI=1S/C16H17N7O/c1-11-18-20-15-8-7-12(9-22(11)15)17-16(24)14-10-23(21-19-14)13-5-3-2-4-6-13/h2-6,10,12H,7-9H2,1H3,(H,17,24). The van der Waals surface area contributed by atoms with Crippen molar-refractivity contribution in [2.75, 3.05) is 0 Å². The molecule has 1 atom stereocenters. The Labute approximate surface area is 138 Å². The molecule has 3 aromatic rings. The third-order valence-electron chi connectivity index (χ3n) is 4.21. The third kappa shape index (κ3) is 2.66. The number of rotatable bonds is 3. The fourth-order valence-electron chi connectivity index (χ4n) is 2.91. The van der Waals surface area contributed by atoms with Gasteiger partial charge in [0.05, 0.1) is 11.9 Å². The van der Waals surface area contributed by atoms with Crippen LogP contribution in [0.5, 0.6) is 0 Å². The molecule has 122 valence electrons. The highest BCUT2D eigenvalue weighted by Gasteiger charge is 2.24. The Morgan fingerprint density at radius 2 is 2.04 bits per heavy atom. The first-order valence-corrected chi connectivity index (χ1v) is 7.88. The van der Waals surface area contributed by atoms with E-state index in [0.29, 0.717) is 12.2 Å². The number of hydrogen-bond donors (Lipinski definition) is 1. The van der Waals surface area contributed by atoms with Crippen molar-refractivity contribution in [1.82, 2.24) is 35.1 Å². The van der Waals surface area contributed by atoms with Crippen LogP contribution in [0.3, 0.4) is 0 Å². The summed E-state index contributed by atoms with van der Waals surface area (Å²) in [6, 6.07) is 9.62. The Balaban J connectivity index is 1.46. The number of carbonyl (C=O) groups excluding carboxylic acids is 1. The molecule has 1 aromatic carbocycles. The molecule has 1 aliphatic rings. The second-order valence-electron chi connectivity index (χ2n) is 5.87. The zero-order valence-electron chi connectivity index (χ0n) is 13.3. The van der Waals surface area contributed by atoms with Crippen LogP contribution in [0.25, 0.3) is 5.69 Å². The van der Waals surface area contributed by atoms with E-state index in [0.717, 1.165) is 30.2 Å². The second kappa shape index (κ2) is 5.88. The van der Waals surface area contributed by atoms with Crippen molar-refractivity contribution in [3.8, 4) is 5.69 Å². The summed E-state index contributed by atoms with van der Waals surface area (Å²) >= 11 is 0. The van der Waals surface area contributed by atoms with Crippen LogP contribution >= 0.6 is 0 Å². The van der Waals surface area contributed by atoms with Crippen molar-refractivity contribution >= 4 is 5.91 Å². The van der Waals surface area contributed by atoms with E-state index in [-0.39, 0.29) is 11.9 Å². The molecule has 0 bridgehead atoms. The first-order chi connectivity index (χ1) is 11.7. The maximum Gasteiger partial charge on any atom is 0.273 e. The molecule has 0 aliphatic carbocycles. The molecule has 2 aromatic heterocycles. The van der Waals surface area contributed by atoms with Gasteiger partial charge in [-0.25, -0.2) is 4.68 Å². The monoisotopic (exact) mass is 323 g/mol. The summed E-state index contributed by atoms with van der Waals surface area (Å²) in [5, 5.41) is 19.3. The Morgan fingerprint density at radius 3 is 2.88 bits per heavy atom. The Morgan fingerprint density at radius 1 is 1.21 bits per heavy atom. The molecular weight excluding hydrogens is 306 g/mol. The summed E-state index contributed by atoms with van der Waals surface area (Å²) in [6.45, 7) is 2.61. The summed E-state index contributed by atoms with van der Waals surface area (Å²) in [5.74, 6) is 1.64. The lowest BCUT2D eigenvalue weighted by Crippen LogP contribution is -2.41. The predicted molar refractivity (Wildman–Crippen MR) is 85.7 cm³/mol. The number of aryl methyl sites for hydroxylation is 2. The average Bonchev–Trinajstić information content (AvgIpc) is 3.24. The van der Waals surface area contributed by atoms with Crippen LogP contribution in [0, 0.1) is 6.92 Å². The quantitative estimate of drug-likeness (QED) is 0.774. The van der Waals surface area contributed by atoms with Crippen LogP contribution < -0.4 is 5.32 Å². The van der Waals surface area contributed by atoms with Crippen molar-refractivity contribution in [3.05, 3.63) is 53.9 Å². The second-order valence-corrected chi connectivity index (χ2v) is 5.87. The summed E-state index contributed by atoms with van der Waals surface area (Å²) in [4.78, 5) is 12.4. The van der Waals surface area contributed by atoms with E-state index >= 15 is 0 Å². The van der Waals surface area contributed by atoms with Gasteiger partial charge in [0.2, 0.25) is 0 Å². The lowest BCUT2D eigenvalue weighted by molar-refractivity contribution is 0.0922. The van der Waals surface area contributed by atoms with Crippen molar-refractivity contribution in [2.45, 2.75) is 32.4 Å². The molecule has 0 radical (unpaired) electrons. The normalized spacial score (nSPS) is 16.6. The number of benzene rings is 1. The third-order valence-corrected chi connectivity index (χ3v) is 4.21. The van der Waals surface area contributed by atoms with Crippen LogP contribution in [0.1, 0.15) is 28.6 Å². The van der Waals surface area contributed by atoms with Gasteiger partial charge < -0.3 is 9.88 Å². The van der Waals surface area contributed by atoms with E-state index in [1.807, 2.05) is 37.3 Å². The molecule has 0 fully saturated rings. The molecule has 1 unspecified atom stereocenters. The van der Waals surface area contributed by atoms with E-state index in [1.54, 1.807) is 10.9 Å². The van der Waals surface area contributed by atoms with Crippen LogP contribution in [0.2, 0.25) is 0 Å². The molecule has 1 amide bonds. The van der Waals surface area contributed by atoms with E-state index in [2.05, 4.69) is 30.4 Å². The van der Waals surface area contributed by atoms with E-state index in [4.69, 9.17) is 0 Å². The zero-order valence-corrected chi connectivity index (χ0v) is 13.3. The first-order valence-electron chi connectivity index (χ1n) is 7.88. The van der Waals surface area contributed by atoms with Crippen molar-refractivity contribution < 1.29 is 4.79 Å². The number of amides is 1. The highest BCUT2D eigenvalue weighted by molar-refractivity contribution is 5.92. The largest absolute Gasteiger partial charge is 0.346 e. The van der Waals surface area contributed by atoms with Gasteiger partial charge in [-0.1, -0.05) is 23.4 Å². The average molecular weight is 323 g/mol.